The van der Waals surface area contributed by atoms with Gasteiger partial charge in [0, 0.05) is 19.2 Å². The van der Waals surface area contributed by atoms with Crippen molar-refractivity contribution in [1.29, 1.82) is 0 Å². The molecule has 1 atom stereocenters. The fraction of sp³-hybridized carbons (Fsp3) is 0.211. The predicted octanol–water partition coefficient (Wildman–Crippen LogP) is 3.59. The quantitative estimate of drug-likeness (QED) is 0.914. The van der Waals surface area contributed by atoms with Crippen molar-refractivity contribution in [3.05, 3.63) is 60.2 Å². The molecule has 2 aromatic carbocycles. The second-order valence-corrected chi connectivity index (χ2v) is 7.02. The zero-order chi connectivity index (χ0) is 17.8. The molecule has 5 nitrogen and oxygen atoms in total. The molecular formula is C19H19N3O2S. The molecule has 0 spiro atoms. The number of amides is 2. The van der Waals surface area contributed by atoms with Crippen LogP contribution in [-0.2, 0) is 9.59 Å². The van der Waals surface area contributed by atoms with Gasteiger partial charge in [0.2, 0.25) is 11.8 Å². The van der Waals surface area contributed by atoms with Crippen LogP contribution in [0.4, 0.5) is 11.4 Å². The smallest absolute Gasteiger partial charge is 0.242 e. The summed E-state index contributed by atoms with van der Waals surface area (Å²) >= 11 is 1.33. The molecule has 1 unspecified atom stereocenters. The van der Waals surface area contributed by atoms with Gasteiger partial charge in [-0.2, -0.15) is 0 Å². The van der Waals surface area contributed by atoms with Gasteiger partial charge in [0.25, 0.3) is 0 Å². The first-order valence-corrected chi connectivity index (χ1v) is 8.85. The van der Waals surface area contributed by atoms with Gasteiger partial charge in [-0.1, -0.05) is 47.7 Å². The number of nitrogens with zero attached hydrogens (tertiary/aromatic N) is 2. The zero-order valence-corrected chi connectivity index (χ0v) is 14.9. The van der Waals surface area contributed by atoms with Crippen LogP contribution < -0.4 is 5.32 Å². The Morgan fingerprint density at radius 2 is 1.84 bits per heavy atom. The molecule has 0 aliphatic carbocycles. The summed E-state index contributed by atoms with van der Waals surface area (Å²) in [7, 11) is 1.69. The maximum Gasteiger partial charge on any atom is 0.242 e. The highest BCUT2D eigenvalue weighted by molar-refractivity contribution is 8.15. The Morgan fingerprint density at radius 3 is 2.52 bits per heavy atom. The zero-order valence-electron chi connectivity index (χ0n) is 14.1. The second kappa shape index (κ2) is 7.53. The van der Waals surface area contributed by atoms with E-state index in [1.807, 2.05) is 61.5 Å². The van der Waals surface area contributed by atoms with Crippen molar-refractivity contribution in [2.75, 3.05) is 12.4 Å². The highest BCUT2D eigenvalue weighted by atomic mass is 32.2. The standard InChI is InChI=1S/C19H19N3O2S/c1-13-8-10-15(11-9-13)20-17(23)12-16-18(24)22(2)19(25-16)21-14-6-4-3-5-7-14/h3-11,16H,12H2,1-2H3,(H,20,23). The Morgan fingerprint density at radius 1 is 1.16 bits per heavy atom. The van der Waals surface area contributed by atoms with Crippen LogP contribution in [0, 0.1) is 6.92 Å². The molecule has 25 heavy (non-hydrogen) atoms. The Kier molecular flexibility index (Phi) is 5.19. The number of hydrogen-bond acceptors (Lipinski definition) is 4. The molecule has 0 saturated carbocycles. The minimum Gasteiger partial charge on any atom is -0.326 e. The van der Waals surface area contributed by atoms with Crippen molar-refractivity contribution in [3.63, 3.8) is 0 Å². The fourth-order valence-corrected chi connectivity index (χ4v) is 3.58. The second-order valence-electron chi connectivity index (χ2n) is 5.85. The molecule has 0 bridgehead atoms. The molecule has 1 fully saturated rings. The van der Waals surface area contributed by atoms with E-state index in [1.54, 1.807) is 7.05 Å². The molecule has 128 valence electrons. The number of benzene rings is 2. The maximum atomic E-state index is 12.4. The minimum atomic E-state index is -0.446. The Balaban J connectivity index is 1.65. The van der Waals surface area contributed by atoms with E-state index in [1.165, 1.54) is 16.7 Å². The molecule has 1 aliphatic heterocycles. The van der Waals surface area contributed by atoms with E-state index in [4.69, 9.17) is 0 Å². The van der Waals surface area contributed by atoms with Crippen LogP contribution in [-0.4, -0.2) is 34.2 Å². The summed E-state index contributed by atoms with van der Waals surface area (Å²) < 4.78 is 0. The van der Waals surface area contributed by atoms with Crippen LogP contribution in [0.3, 0.4) is 0 Å². The number of para-hydroxylation sites is 1. The molecule has 2 amide bonds. The molecular weight excluding hydrogens is 334 g/mol. The Hall–Kier alpha value is -2.60. The van der Waals surface area contributed by atoms with Gasteiger partial charge in [0.1, 0.15) is 5.25 Å². The van der Waals surface area contributed by atoms with Crippen molar-refractivity contribution in [2.24, 2.45) is 4.99 Å². The van der Waals surface area contributed by atoms with Crippen molar-refractivity contribution in [1.82, 2.24) is 4.90 Å². The normalized spacial score (nSPS) is 18.6. The molecule has 1 aliphatic rings. The average Bonchev–Trinajstić information content (AvgIpc) is 2.86. The topological polar surface area (TPSA) is 61.8 Å². The Labute approximate surface area is 151 Å². The summed E-state index contributed by atoms with van der Waals surface area (Å²) in [6.45, 7) is 1.99. The Bertz CT molecular complexity index is 803. The third-order valence-electron chi connectivity index (χ3n) is 3.83. The van der Waals surface area contributed by atoms with Gasteiger partial charge in [0.15, 0.2) is 5.17 Å². The first kappa shape index (κ1) is 17.2. The SMILES string of the molecule is Cc1ccc(NC(=O)CC2SC(=Nc3ccccc3)N(C)C2=O)cc1. The third kappa shape index (κ3) is 4.28. The molecule has 1 heterocycles. The fourth-order valence-electron chi connectivity index (χ4n) is 2.43. The highest BCUT2D eigenvalue weighted by Crippen LogP contribution is 2.30. The van der Waals surface area contributed by atoms with Gasteiger partial charge in [0.05, 0.1) is 5.69 Å². The van der Waals surface area contributed by atoms with E-state index in [0.29, 0.717) is 5.17 Å². The molecule has 0 aromatic heterocycles. The number of anilines is 1. The first-order valence-electron chi connectivity index (χ1n) is 7.97. The summed E-state index contributed by atoms with van der Waals surface area (Å²) in [6, 6.07) is 17.0. The number of carbonyl (C=O) groups excluding carboxylic acids is 2. The van der Waals surface area contributed by atoms with Crippen molar-refractivity contribution >= 4 is 40.1 Å². The van der Waals surface area contributed by atoms with E-state index in [2.05, 4.69) is 10.3 Å². The molecule has 1 N–H and O–H groups in total. The van der Waals surface area contributed by atoms with Crippen LogP contribution in [0.2, 0.25) is 0 Å². The summed E-state index contributed by atoms with van der Waals surface area (Å²) in [4.78, 5) is 30.6. The van der Waals surface area contributed by atoms with Gasteiger partial charge in [-0.3, -0.25) is 14.5 Å². The molecule has 3 rings (SSSR count). The summed E-state index contributed by atoms with van der Waals surface area (Å²) in [5, 5.41) is 3.00. The van der Waals surface area contributed by atoms with Crippen LogP contribution in [0.25, 0.3) is 0 Å². The van der Waals surface area contributed by atoms with Crippen LogP contribution in [0.1, 0.15) is 12.0 Å². The van der Waals surface area contributed by atoms with Crippen molar-refractivity contribution in [3.8, 4) is 0 Å². The lowest BCUT2D eigenvalue weighted by atomic mass is 10.2. The maximum absolute atomic E-state index is 12.4. The monoisotopic (exact) mass is 353 g/mol. The highest BCUT2D eigenvalue weighted by Gasteiger charge is 2.36. The van der Waals surface area contributed by atoms with Crippen LogP contribution in [0.15, 0.2) is 59.6 Å². The van der Waals surface area contributed by atoms with Gasteiger partial charge in [-0.15, -0.1) is 0 Å². The minimum absolute atomic E-state index is 0.0984. The predicted molar refractivity (Wildman–Crippen MR) is 102 cm³/mol. The van der Waals surface area contributed by atoms with Crippen LogP contribution >= 0.6 is 11.8 Å². The number of thioether (sulfide) groups is 1. The van der Waals surface area contributed by atoms with Crippen molar-refractivity contribution < 1.29 is 9.59 Å². The van der Waals surface area contributed by atoms with E-state index in [-0.39, 0.29) is 18.2 Å². The number of hydrogen-bond donors (Lipinski definition) is 1. The van der Waals surface area contributed by atoms with E-state index >= 15 is 0 Å². The third-order valence-corrected chi connectivity index (χ3v) is 5.06. The average molecular weight is 353 g/mol. The van der Waals surface area contributed by atoms with E-state index < -0.39 is 5.25 Å². The van der Waals surface area contributed by atoms with Crippen molar-refractivity contribution in [2.45, 2.75) is 18.6 Å². The summed E-state index contributed by atoms with van der Waals surface area (Å²) in [6.07, 6.45) is 0.121. The lowest BCUT2D eigenvalue weighted by Crippen LogP contribution is -2.30. The lowest BCUT2D eigenvalue weighted by Gasteiger charge is -2.09. The largest absolute Gasteiger partial charge is 0.326 e. The number of carbonyl (C=O) groups is 2. The summed E-state index contributed by atoms with van der Waals surface area (Å²) in [5.74, 6) is -0.275. The number of aliphatic imine (C=N–C) groups is 1. The number of aryl methyl sites for hydroxylation is 1. The molecule has 0 radical (unpaired) electrons. The van der Waals surface area contributed by atoms with Crippen LogP contribution in [0.5, 0.6) is 0 Å². The molecule has 6 heteroatoms. The van der Waals surface area contributed by atoms with Gasteiger partial charge < -0.3 is 5.32 Å². The first-order chi connectivity index (χ1) is 12.0. The molecule has 2 aromatic rings. The van der Waals surface area contributed by atoms with E-state index in [9.17, 15) is 9.59 Å². The van der Waals surface area contributed by atoms with E-state index in [0.717, 1.165) is 16.9 Å². The molecule has 1 saturated heterocycles. The van der Waals surface area contributed by atoms with Gasteiger partial charge in [-0.25, -0.2) is 4.99 Å². The van der Waals surface area contributed by atoms with Gasteiger partial charge in [-0.05, 0) is 31.2 Å². The lowest BCUT2D eigenvalue weighted by molar-refractivity contribution is -0.127. The summed E-state index contributed by atoms with van der Waals surface area (Å²) in [5.41, 5.74) is 2.65. The number of nitrogens with one attached hydrogen (secondary N) is 1. The number of rotatable bonds is 4. The van der Waals surface area contributed by atoms with Gasteiger partial charge >= 0.3 is 0 Å². The number of amidine groups is 1.